The molecule has 0 unspecified atom stereocenters. The zero-order valence-electron chi connectivity index (χ0n) is 12.3. The Hall–Kier alpha value is -1.26. The molecular formula is C16H25N3O. The van der Waals surface area contributed by atoms with Crippen molar-refractivity contribution in [3.05, 3.63) is 24.3 Å². The van der Waals surface area contributed by atoms with Gasteiger partial charge in [0.25, 0.3) is 0 Å². The van der Waals surface area contributed by atoms with E-state index in [1.165, 1.54) is 57.5 Å². The van der Waals surface area contributed by atoms with Gasteiger partial charge in [-0.05, 0) is 63.0 Å². The first-order valence-electron chi connectivity index (χ1n) is 7.75. The van der Waals surface area contributed by atoms with Crippen LogP contribution < -0.4 is 10.4 Å². The molecule has 0 amide bonds. The third kappa shape index (κ3) is 3.07. The predicted octanol–water partition coefficient (Wildman–Crippen LogP) is 2.72. The molecule has 0 saturated carbocycles. The summed E-state index contributed by atoms with van der Waals surface area (Å²) in [5.74, 6) is 0. The molecular weight excluding hydrogens is 250 g/mol. The van der Waals surface area contributed by atoms with Crippen LogP contribution in [0.3, 0.4) is 0 Å². The molecule has 4 heteroatoms. The smallest absolute Gasteiger partial charge is 0.0636 e. The van der Waals surface area contributed by atoms with Gasteiger partial charge in [-0.25, -0.2) is 0 Å². The van der Waals surface area contributed by atoms with Crippen LogP contribution in [0, 0.1) is 0 Å². The molecule has 1 aromatic carbocycles. The number of rotatable bonds is 4. The molecule has 110 valence electrons. The van der Waals surface area contributed by atoms with E-state index in [1.54, 1.807) is 7.11 Å². The van der Waals surface area contributed by atoms with E-state index in [9.17, 15) is 0 Å². The van der Waals surface area contributed by atoms with Crippen molar-refractivity contribution < 1.29 is 4.84 Å². The maximum atomic E-state index is 4.92. The molecule has 2 fully saturated rings. The molecule has 4 nitrogen and oxygen atoms in total. The first kappa shape index (κ1) is 13.7. The van der Waals surface area contributed by atoms with E-state index in [2.05, 4.69) is 39.5 Å². The number of nitrogens with zero attached hydrogens (tertiary/aromatic N) is 2. The fourth-order valence-corrected chi connectivity index (χ4v) is 3.45. The quantitative estimate of drug-likeness (QED) is 0.855. The second-order valence-corrected chi connectivity index (χ2v) is 5.81. The molecule has 0 aromatic heterocycles. The van der Waals surface area contributed by atoms with Crippen LogP contribution in [0.25, 0.3) is 0 Å². The van der Waals surface area contributed by atoms with Crippen molar-refractivity contribution in [2.75, 3.05) is 43.7 Å². The van der Waals surface area contributed by atoms with Gasteiger partial charge in [0, 0.05) is 24.8 Å². The number of piperidine rings is 1. The SMILES string of the molecule is CONc1ccc(N2CCC(N3CCCC3)CC2)cc1. The van der Waals surface area contributed by atoms with Gasteiger partial charge in [-0.1, -0.05) is 0 Å². The maximum absolute atomic E-state index is 4.92. The van der Waals surface area contributed by atoms with Gasteiger partial charge in [0.2, 0.25) is 0 Å². The zero-order chi connectivity index (χ0) is 13.8. The zero-order valence-corrected chi connectivity index (χ0v) is 12.3. The Morgan fingerprint density at radius 3 is 2.25 bits per heavy atom. The summed E-state index contributed by atoms with van der Waals surface area (Å²) >= 11 is 0. The van der Waals surface area contributed by atoms with Crippen LogP contribution in [0.15, 0.2) is 24.3 Å². The topological polar surface area (TPSA) is 27.7 Å². The van der Waals surface area contributed by atoms with Crippen LogP contribution in [-0.4, -0.2) is 44.2 Å². The van der Waals surface area contributed by atoms with Crippen LogP contribution >= 0.6 is 0 Å². The largest absolute Gasteiger partial charge is 0.371 e. The van der Waals surface area contributed by atoms with Gasteiger partial charge in [0.1, 0.15) is 0 Å². The van der Waals surface area contributed by atoms with Crippen molar-refractivity contribution in [3.8, 4) is 0 Å². The van der Waals surface area contributed by atoms with E-state index in [1.807, 2.05) is 0 Å². The molecule has 0 spiro atoms. The summed E-state index contributed by atoms with van der Waals surface area (Å²) in [7, 11) is 1.64. The summed E-state index contributed by atoms with van der Waals surface area (Å²) in [6, 6.07) is 9.33. The summed E-state index contributed by atoms with van der Waals surface area (Å²) in [6.07, 6.45) is 5.40. The van der Waals surface area contributed by atoms with Crippen LogP contribution in [-0.2, 0) is 4.84 Å². The van der Waals surface area contributed by atoms with Crippen molar-refractivity contribution in [1.29, 1.82) is 0 Å². The molecule has 2 saturated heterocycles. The second-order valence-electron chi connectivity index (χ2n) is 5.81. The first-order chi connectivity index (χ1) is 9.86. The number of nitrogens with one attached hydrogen (secondary N) is 1. The molecule has 2 heterocycles. The standard InChI is InChI=1S/C16H25N3O/c1-20-17-14-4-6-15(7-5-14)19-12-8-16(9-13-19)18-10-2-3-11-18/h4-7,16-17H,2-3,8-13H2,1H3. The van der Waals surface area contributed by atoms with Gasteiger partial charge in [0.05, 0.1) is 12.8 Å². The van der Waals surface area contributed by atoms with Gasteiger partial charge in [-0.3, -0.25) is 10.3 Å². The molecule has 0 radical (unpaired) electrons. The summed E-state index contributed by atoms with van der Waals surface area (Å²) in [4.78, 5) is 10.1. The Morgan fingerprint density at radius 1 is 1.00 bits per heavy atom. The predicted molar refractivity (Wildman–Crippen MR) is 83.1 cm³/mol. The van der Waals surface area contributed by atoms with Crippen molar-refractivity contribution >= 4 is 11.4 Å². The summed E-state index contributed by atoms with van der Waals surface area (Å²) in [5, 5.41) is 0. The van der Waals surface area contributed by atoms with Crippen molar-refractivity contribution in [2.45, 2.75) is 31.7 Å². The third-order valence-electron chi connectivity index (χ3n) is 4.57. The maximum Gasteiger partial charge on any atom is 0.0636 e. The van der Waals surface area contributed by atoms with Crippen LogP contribution in [0.5, 0.6) is 0 Å². The lowest BCUT2D eigenvalue weighted by Crippen LogP contribution is -2.43. The van der Waals surface area contributed by atoms with Crippen molar-refractivity contribution in [3.63, 3.8) is 0 Å². The molecule has 1 aromatic rings. The highest BCUT2D eigenvalue weighted by molar-refractivity contribution is 5.54. The van der Waals surface area contributed by atoms with E-state index in [-0.39, 0.29) is 0 Å². The Labute approximate surface area is 121 Å². The van der Waals surface area contributed by atoms with Gasteiger partial charge < -0.3 is 9.80 Å². The van der Waals surface area contributed by atoms with Crippen LogP contribution in [0.1, 0.15) is 25.7 Å². The van der Waals surface area contributed by atoms with E-state index in [4.69, 9.17) is 4.84 Å². The van der Waals surface area contributed by atoms with Crippen LogP contribution in [0.4, 0.5) is 11.4 Å². The minimum absolute atomic E-state index is 0.822. The molecule has 2 aliphatic rings. The van der Waals surface area contributed by atoms with Gasteiger partial charge in [0.15, 0.2) is 0 Å². The molecule has 1 N–H and O–H groups in total. The summed E-state index contributed by atoms with van der Waals surface area (Å²) in [5.41, 5.74) is 5.19. The first-order valence-corrected chi connectivity index (χ1v) is 7.75. The normalized spacial score (nSPS) is 21.4. The summed E-state index contributed by atoms with van der Waals surface area (Å²) < 4.78 is 0. The summed E-state index contributed by atoms with van der Waals surface area (Å²) in [6.45, 7) is 5.00. The average Bonchev–Trinajstić information content (AvgIpc) is 3.03. The van der Waals surface area contributed by atoms with E-state index in [0.717, 1.165) is 11.7 Å². The minimum atomic E-state index is 0.822. The number of hydrogen-bond acceptors (Lipinski definition) is 4. The lowest BCUT2D eigenvalue weighted by Gasteiger charge is -2.37. The van der Waals surface area contributed by atoms with Crippen molar-refractivity contribution in [2.24, 2.45) is 0 Å². The molecule has 0 atom stereocenters. The van der Waals surface area contributed by atoms with Crippen molar-refractivity contribution in [1.82, 2.24) is 4.90 Å². The Kier molecular flexibility index (Phi) is 4.43. The van der Waals surface area contributed by atoms with E-state index < -0.39 is 0 Å². The highest BCUT2D eigenvalue weighted by Gasteiger charge is 2.26. The molecule has 20 heavy (non-hydrogen) atoms. The third-order valence-corrected chi connectivity index (χ3v) is 4.57. The number of hydrogen-bond donors (Lipinski definition) is 1. The Morgan fingerprint density at radius 2 is 1.65 bits per heavy atom. The monoisotopic (exact) mass is 275 g/mol. The number of anilines is 2. The minimum Gasteiger partial charge on any atom is -0.371 e. The highest BCUT2D eigenvalue weighted by Crippen LogP contribution is 2.25. The van der Waals surface area contributed by atoms with E-state index in [0.29, 0.717) is 0 Å². The molecule has 2 aliphatic heterocycles. The molecule has 0 aliphatic carbocycles. The van der Waals surface area contributed by atoms with Crippen LogP contribution in [0.2, 0.25) is 0 Å². The van der Waals surface area contributed by atoms with E-state index >= 15 is 0 Å². The lowest BCUT2D eigenvalue weighted by atomic mass is 10.0. The average molecular weight is 275 g/mol. The number of benzene rings is 1. The fourth-order valence-electron chi connectivity index (χ4n) is 3.45. The second kappa shape index (κ2) is 6.46. The van der Waals surface area contributed by atoms with Gasteiger partial charge >= 0.3 is 0 Å². The van der Waals surface area contributed by atoms with Gasteiger partial charge in [-0.15, -0.1) is 0 Å². The lowest BCUT2D eigenvalue weighted by molar-refractivity contribution is 0.208. The van der Waals surface area contributed by atoms with Gasteiger partial charge in [-0.2, -0.15) is 0 Å². The Bertz CT molecular complexity index is 406. The number of likely N-dealkylation sites (tertiary alicyclic amines) is 1. The Balaban J connectivity index is 1.54. The highest BCUT2D eigenvalue weighted by atomic mass is 16.6. The fraction of sp³-hybridized carbons (Fsp3) is 0.625. The molecule has 3 rings (SSSR count). The molecule has 0 bridgehead atoms.